The fourth-order valence-electron chi connectivity index (χ4n) is 4.08. The maximum absolute atomic E-state index is 13.3. The summed E-state index contributed by atoms with van der Waals surface area (Å²) in [5, 5.41) is 4.29. The lowest BCUT2D eigenvalue weighted by molar-refractivity contribution is -0.119. The van der Waals surface area contributed by atoms with Crippen molar-refractivity contribution in [3.05, 3.63) is 58.9 Å². The van der Waals surface area contributed by atoms with Crippen LogP contribution in [-0.2, 0) is 4.79 Å². The SMILES string of the molecule is COc1cccc(-n2c(SCC(=O)NC(C3CC3)C3CC3)nc3ccccc3c2=O)c1. The van der Waals surface area contributed by atoms with Crippen molar-refractivity contribution in [1.82, 2.24) is 14.9 Å². The van der Waals surface area contributed by atoms with Crippen LogP contribution in [0.2, 0.25) is 0 Å². The van der Waals surface area contributed by atoms with Crippen molar-refractivity contribution in [3.63, 3.8) is 0 Å². The normalized spacial score (nSPS) is 15.9. The monoisotopic (exact) mass is 435 g/mol. The van der Waals surface area contributed by atoms with Crippen molar-refractivity contribution in [1.29, 1.82) is 0 Å². The van der Waals surface area contributed by atoms with Gasteiger partial charge in [-0.25, -0.2) is 4.98 Å². The second-order valence-electron chi connectivity index (χ2n) is 8.31. The number of hydrogen-bond donors (Lipinski definition) is 1. The summed E-state index contributed by atoms with van der Waals surface area (Å²) in [5.74, 6) is 2.19. The van der Waals surface area contributed by atoms with E-state index in [2.05, 4.69) is 5.32 Å². The predicted octanol–water partition coefficient (Wildman–Crippen LogP) is 3.79. The summed E-state index contributed by atoms with van der Waals surface area (Å²) < 4.78 is 6.91. The third-order valence-corrected chi connectivity index (χ3v) is 6.91. The number of para-hydroxylation sites is 1. The molecule has 2 aromatic carbocycles. The van der Waals surface area contributed by atoms with Crippen LogP contribution in [0.1, 0.15) is 25.7 Å². The smallest absolute Gasteiger partial charge is 0.266 e. The predicted molar refractivity (Wildman–Crippen MR) is 122 cm³/mol. The summed E-state index contributed by atoms with van der Waals surface area (Å²) in [4.78, 5) is 30.8. The lowest BCUT2D eigenvalue weighted by atomic mass is 10.1. The molecule has 5 rings (SSSR count). The molecule has 2 aliphatic rings. The number of carbonyl (C=O) groups excluding carboxylic acids is 1. The van der Waals surface area contributed by atoms with Gasteiger partial charge in [0.25, 0.3) is 5.56 Å². The molecular weight excluding hydrogens is 410 g/mol. The van der Waals surface area contributed by atoms with Gasteiger partial charge < -0.3 is 10.1 Å². The van der Waals surface area contributed by atoms with Gasteiger partial charge in [-0.2, -0.15) is 0 Å². The van der Waals surface area contributed by atoms with E-state index >= 15 is 0 Å². The maximum Gasteiger partial charge on any atom is 0.266 e. The van der Waals surface area contributed by atoms with Crippen LogP contribution in [0.25, 0.3) is 16.6 Å². The van der Waals surface area contributed by atoms with Gasteiger partial charge in [-0.15, -0.1) is 0 Å². The Morgan fingerprint density at radius 2 is 1.90 bits per heavy atom. The summed E-state index contributed by atoms with van der Waals surface area (Å²) in [6, 6.07) is 14.9. The highest BCUT2D eigenvalue weighted by Gasteiger charge is 2.42. The molecule has 0 spiro atoms. The van der Waals surface area contributed by atoms with Crippen LogP contribution in [0, 0.1) is 11.8 Å². The highest BCUT2D eigenvalue weighted by Crippen LogP contribution is 2.44. The summed E-state index contributed by atoms with van der Waals surface area (Å²) in [6.45, 7) is 0. The molecule has 1 amide bonds. The Morgan fingerprint density at radius 3 is 2.61 bits per heavy atom. The van der Waals surface area contributed by atoms with Gasteiger partial charge in [-0.05, 0) is 61.8 Å². The zero-order chi connectivity index (χ0) is 21.4. The average molecular weight is 436 g/mol. The molecule has 1 aromatic heterocycles. The number of hydrogen-bond acceptors (Lipinski definition) is 5. The first-order valence-electron chi connectivity index (χ1n) is 10.7. The fourth-order valence-corrected chi connectivity index (χ4v) is 4.90. The van der Waals surface area contributed by atoms with Crippen LogP contribution >= 0.6 is 11.8 Å². The molecule has 3 aromatic rings. The molecule has 0 aliphatic heterocycles. The Morgan fingerprint density at radius 1 is 1.16 bits per heavy atom. The van der Waals surface area contributed by atoms with Gasteiger partial charge >= 0.3 is 0 Å². The molecule has 2 fully saturated rings. The van der Waals surface area contributed by atoms with E-state index in [9.17, 15) is 9.59 Å². The van der Waals surface area contributed by atoms with Gasteiger partial charge in [0, 0.05) is 12.1 Å². The molecule has 0 saturated heterocycles. The molecule has 1 heterocycles. The number of aromatic nitrogens is 2. The zero-order valence-electron chi connectivity index (χ0n) is 17.4. The summed E-state index contributed by atoms with van der Waals surface area (Å²) in [6.07, 6.45) is 4.87. The Hall–Kier alpha value is -2.80. The van der Waals surface area contributed by atoms with Crippen LogP contribution in [0.15, 0.2) is 58.5 Å². The number of benzene rings is 2. The lowest BCUT2D eigenvalue weighted by Crippen LogP contribution is -2.39. The second-order valence-corrected chi connectivity index (χ2v) is 9.25. The van der Waals surface area contributed by atoms with E-state index in [1.807, 2.05) is 36.4 Å². The number of amides is 1. The number of thioether (sulfide) groups is 1. The third-order valence-electron chi connectivity index (χ3n) is 5.98. The Bertz CT molecular complexity index is 1170. The van der Waals surface area contributed by atoms with E-state index in [0.29, 0.717) is 45.4 Å². The standard InChI is InChI=1S/C24H25N3O3S/c1-30-18-6-4-5-17(13-18)27-23(29)19-7-2-3-8-20(19)25-24(27)31-14-21(28)26-22(15-9-10-15)16-11-12-16/h2-8,13,15-16,22H,9-12,14H2,1H3,(H,26,28). The third kappa shape index (κ3) is 4.32. The minimum atomic E-state index is -0.157. The molecule has 0 atom stereocenters. The topological polar surface area (TPSA) is 73.2 Å². The van der Waals surface area contributed by atoms with Crippen molar-refractivity contribution >= 4 is 28.6 Å². The number of fused-ring (bicyclic) bond motifs is 1. The molecule has 1 N–H and O–H groups in total. The second kappa shape index (κ2) is 8.38. The van der Waals surface area contributed by atoms with Gasteiger partial charge in [-0.3, -0.25) is 14.2 Å². The first kappa shape index (κ1) is 20.1. The van der Waals surface area contributed by atoms with E-state index in [1.165, 1.54) is 37.4 Å². The fraction of sp³-hybridized carbons (Fsp3) is 0.375. The van der Waals surface area contributed by atoms with Crippen molar-refractivity contribution < 1.29 is 9.53 Å². The largest absolute Gasteiger partial charge is 0.497 e. The van der Waals surface area contributed by atoms with E-state index in [0.717, 1.165) is 0 Å². The lowest BCUT2D eigenvalue weighted by Gasteiger charge is -2.18. The van der Waals surface area contributed by atoms with Crippen molar-refractivity contribution in [2.45, 2.75) is 36.9 Å². The van der Waals surface area contributed by atoms with Gasteiger partial charge in [0.2, 0.25) is 5.91 Å². The first-order valence-corrected chi connectivity index (χ1v) is 11.7. The van der Waals surface area contributed by atoms with Gasteiger partial charge in [0.15, 0.2) is 5.16 Å². The quantitative estimate of drug-likeness (QED) is 0.430. The van der Waals surface area contributed by atoms with Gasteiger partial charge in [0.05, 0.1) is 29.5 Å². The molecule has 31 heavy (non-hydrogen) atoms. The van der Waals surface area contributed by atoms with Crippen LogP contribution in [0.3, 0.4) is 0 Å². The van der Waals surface area contributed by atoms with E-state index < -0.39 is 0 Å². The molecule has 6 nitrogen and oxygen atoms in total. The number of nitrogens with zero attached hydrogens (tertiary/aromatic N) is 2. The Kier molecular flexibility index (Phi) is 5.44. The highest BCUT2D eigenvalue weighted by atomic mass is 32.2. The number of ether oxygens (including phenoxy) is 1. The maximum atomic E-state index is 13.3. The summed E-state index contributed by atoms with van der Waals surface area (Å²) >= 11 is 1.30. The molecule has 160 valence electrons. The van der Waals surface area contributed by atoms with E-state index in [4.69, 9.17) is 9.72 Å². The highest BCUT2D eigenvalue weighted by molar-refractivity contribution is 7.99. The van der Waals surface area contributed by atoms with Crippen LogP contribution < -0.4 is 15.6 Å². The number of rotatable bonds is 8. The molecule has 0 unspecified atom stereocenters. The Balaban J connectivity index is 1.45. The minimum absolute atomic E-state index is 0.00778. The van der Waals surface area contributed by atoms with Crippen molar-refractivity contribution in [2.24, 2.45) is 11.8 Å². The molecular formula is C24H25N3O3S. The van der Waals surface area contributed by atoms with Crippen molar-refractivity contribution in [2.75, 3.05) is 12.9 Å². The van der Waals surface area contributed by atoms with Crippen LogP contribution in [0.5, 0.6) is 5.75 Å². The van der Waals surface area contributed by atoms with Crippen LogP contribution in [0.4, 0.5) is 0 Å². The molecule has 0 radical (unpaired) electrons. The number of nitrogens with one attached hydrogen (secondary N) is 1. The van der Waals surface area contributed by atoms with E-state index in [-0.39, 0.29) is 17.2 Å². The summed E-state index contributed by atoms with van der Waals surface area (Å²) in [5.41, 5.74) is 1.14. The zero-order valence-corrected chi connectivity index (χ0v) is 18.2. The Labute approximate surface area is 185 Å². The number of carbonyl (C=O) groups is 1. The van der Waals surface area contributed by atoms with Crippen molar-refractivity contribution in [3.8, 4) is 11.4 Å². The van der Waals surface area contributed by atoms with E-state index in [1.54, 1.807) is 23.8 Å². The molecule has 2 aliphatic carbocycles. The molecule has 7 heteroatoms. The average Bonchev–Trinajstić information content (AvgIpc) is 3.70. The molecule has 2 saturated carbocycles. The van der Waals surface area contributed by atoms with Crippen LogP contribution in [-0.4, -0.2) is 34.4 Å². The summed E-state index contributed by atoms with van der Waals surface area (Å²) in [7, 11) is 1.59. The van der Waals surface area contributed by atoms with Gasteiger partial charge in [0.1, 0.15) is 5.75 Å². The first-order chi connectivity index (χ1) is 15.1. The minimum Gasteiger partial charge on any atom is -0.497 e. The van der Waals surface area contributed by atoms with Gasteiger partial charge in [-0.1, -0.05) is 30.0 Å². The molecule has 0 bridgehead atoms. The number of methoxy groups -OCH3 is 1.